The van der Waals surface area contributed by atoms with Gasteiger partial charge in [-0.05, 0) is 38.5 Å². The SMILES string of the molecule is CCC(C(=O)NCC(=O)CSCC1C(C)=CC=CC1F)n1ccnc(Nc2cccc(-c3nc(C)no3)c2)c1=O. The fourth-order valence-electron chi connectivity index (χ4n) is 4.25. The number of thioether (sulfide) groups is 1. The Kier molecular flexibility index (Phi) is 9.65. The largest absolute Gasteiger partial charge is 0.347 e. The Morgan fingerprint density at radius 2 is 2.10 bits per heavy atom. The van der Waals surface area contributed by atoms with Gasteiger partial charge in [-0.15, -0.1) is 0 Å². The summed E-state index contributed by atoms with van der Waals surface area (Å²) in [5, 5.41) is 9.43. The van der Waals surface area contributed by atoms with Crippen molar-refractivity contribution < 1.29 is 18.5 Å². The number of nitrogens with one attached hydrogen (secondary N) is 2. The maximum absolute atomic E-state index is 14.1. The highest BCUT2D eigenvalue weighted by Gasteiger charge is 2.24. The third-order valence-corrected chi connectivity index (χ3v) is 7.56. The van der Waals surface area contributed by atoms with Crippen LogP contribution in [0.3, 0.4) is 0 Å². The second-order valence-electron chi connectivity index (χ2n) is 9.38. The van der Waals surface area contributed by atoms with Crippen LogP contribution >= 0.6 is 11.8 Å². The summed E-state index contributed by atoms with van der Waals surface area (Å²) in [7, 11) is 0. The summed E-state index contributed by atoms with van der Waals surface area (Å²) in [6.07, 6.45) is 7.23. The smallest absolute Gasteiger partial charge is 0.294 e. The number of aromatic nitrogens is 4. The van der Waals surface area contributed by atoms with Crippen LogP contribution in [-0.2, 0) is 9.59 Å². The number of benzene rings is 1. The number of nitrogens with zero attached hydrogens (tertiary/aromatic N) is 4. The van der Waals surface area contributed by atoms with E-state index >= 15 is 0 Å². The van der Waals surface area contributed by atoms with Crippen LogP contribution in [0.25, 0.3) is 11.5 Å². The van der Waals surface area contributed by atoms with Crippen LogP contribution in [-0.4, -0.2) is 55.6 Å². The van der Waals surface area contributed by atoms with Crippen molar-refractivity contribution >= 4 is 35.0 Å². The Labute approximate surface area is 235 Å². The summed E-state index contributed by atoms with van der Waals surface area (Å²) in [5.74, 6) is 0.631. The summed E-state index contributed by atoms with van der Waals surface area (Å²) in [4.78, 5) is 46.9. The van der Waals surface area contributed by atoms with Crippen molar-refractivity contribution in [2.75, 3.05) is 23.4 Å². The molecule has 1 aromatic carbocycles. The van der Waals surface area contributed by atoms with Gasteiger partial charge in [-0.3, -0.25) is 19.0 Å². The average molecular weight is 567 g/mol. The minimum Gasteiger partial charge on any atom is -0.347 e. The fourth-order valence-corrected chi connectivity index (χ4v) is 5.39. The zero-order valence-corrected chi connectivity index (χ0v) is 23.3. The number of hydrogen-bond donors (Lipinski definition) is 2. The van der Waals surface area contributed by atoms with Gasteiger partial charge in [0.1, 0.15) is 12.2 Å². The number of halogens is 1. The molecule has 4 rings (SSSR count). The molecule has 0 radical (unpaired) electrons. The first-order valence-corrected chi connectivity index (χ1v) is 14.0. The molecular formula is C28H31FN6O4S. The first-order chi connectivity index (χ1) is 19.3. The van der Waals surface area contributed by atoms with E-state index in [1.807, 2.05) is 13.0 Å². The Balaban J connectivity index is 1.35. The van der Waals surface area contributed by atoms with Crippen molar-refractivity contribution in [3.8, 4) is 11.5 Å². The van der Waals surface area contributed by atoms with Crippen LogP contribution in [0.5, 0.6) is 0 Å². The van der Waals surface area contributed by atoms with Crippen LogP contribution in [0.15, 0.2) is 69.8 Å². The maximum Gasteiger partial charge on any atom is 0.294 e. The highest BCUT2D eigenvalue weighted by atomic mass is 32.2. The second-order valence-corrected chi connectivity index (χ2v) is 10.4. The predicted octanol–water partition coefficient (Wildman–Crippen LogP) is 4.19. The molecule has 3 unspecified atom stereocenters. The number of ketones is 1. The number of carbonyl (C=O) groups is 2. The van der Waals surface area contributed by atoms with E-state index in [2.05, 4.69) is 25.8 Å². The van der Waals surface area contributed by atoms with Crippen LogP contribution in [0.2, 0.25) is 0 Å². The minimum absolute atomic E-state index is 0.0353. The van der Waals surface area contributed by atoms with Crippen LogP contribution in [0.1, 0.15) is 32.1 Å². The number of alkyl halides is 1. The zero-order chi connectivity index (χ0) is 28.6. The lowest BCUT2D eigenvalue weighted by Gasteiger charge is -2.22. The molecule has 2 heterocycles. The minimum atomic E-state index is -1.06. The molecule has 1 aliphatic carbocycles. The first kappa shape index (κ1) is 28.9. The molecule has 2 N–H and O–H groups in total. The topological polar surface area (TPSA) is 132 Å². The van der Waals surface area contributed by atoms with E-state index in [-0.39, 0.29) is 29.8 Å². The summed E-state index contributed by atoms with van der Waals surface area (Å²) in [5.41, 5.74) is 1.70. The Hall–Kier alpha value is -4.06. The van der Waals surface area contributed by atoms with Crippen LogP contribution < -0.4 is 16.2 Å². The Bertz CT molecular complexity index is 1480. The molecule has 1 amide bonds. The van der Waals surface area contributed by atoms with E-state index < -0.39 is 23.7 Å². The zero-order valence-electron chi connectivity index (χ0n) is 22.5. The number of hydrogen-bond acceptors (Lipinski definition) is 9. The molecule has 10 nitrogen and oxygen atoms in total. The van der Waals surface area contributed by atoms with Crippen molar-refractivity contribution in [3.63, 3.8) is 0 Å². The van der Waals surface area contributed by atoms with Crippen LogP contribution in [0.4, 0.5) is 15.9 Å². The van der Waals surface area contributed by atoms with Crippen molar-refractivity contribution in [2.45, 2.75) is 39.4 Å². The summed E-state index contributed by atoms with van der Waals surface area (Å²) in [6, 6.07) is 6.24. The quantitative estimate of drug-likeness (QED) is 0.331. The van der Waals surface area contributed by atoms with E-state index in [0.29, 0.717) is 35.1 Å². The third-order valence-electron chi connectivity index (χ3n) is 6.44. The molecule has 0 fully saturated rings. The summed E-state index contributed by atoms with van der Waals surface area (Å²) < 4.78 is 20.6. The number of rotatable bonds is 12. The van der Waals surface area contributed by atoms with E-state index in [9.17, 15) is 18.8 Å². The van der Waals surface area contributed by atoms with E-state index in [0.717, 1.165) is 5.57 Å². The highest BCUT2D eigenvalue weighted by molar-refractivity contribution is 7.99. The van der Waals surface area contributed by atoms with Gasteiger partial charge in [-0.1, -0.05) is 41.9 Å². The van der Waals surface area contributed by atoms with Crippen molar-refractivity contribution in [2.24, 2.45) is 5.92 Å². The molecule has 2 aromatic heterocycles. The van der Waals surface area contributed by atoms with Crippen molar-refractivity contribution in [1.82, 2.24) is 25.0 Å². The lowest BCUT2D eigenvalue weighted by atomic mass is 9.93. The van der Waals surface area contributed by atoms with E-state index in [1.165, 1.54) is 34.8 Å². The van der Waals surface area contributed by atoms with Gasteiger partial charge < -0.3 is 15.2 Å². The monoisotopic (exact) mass is 566 g/mol. The molecule has 1 aliphatic rings. The van der Waals surface area contributed by atoms with Gasteiger partial charge in [0.25, 0.3) is 11.4 Å². The molecule has 0 saturated carbocycles. The molecule has 0 saturated heterocycles. The van der Waals surface area contributed by atoms with Gasteiger partial charge in [-0.2, -0.15) is 16.7 Å². The van der Waals surface area contributed by atoms with Gasteiger partial charge in [0.15, 0.2) is 17.4 Å². The summed E-state index contributed by atoms with van der Waals surface area (Å²) >= 11 is 1.34. The number of amides is 1. The fraction of sp³-hybridized carbons (Fsp3) is 0.357. The van der Waals surface area contributed by atoms with E-state index in [1.54, 1.807) is 44.2 Å². The molecule has 12 heteroatoms. The molecule has 0 aliphatic heterocycles. The van der Waals surface area contributed by atoms with Gasteiger partial charge in [0.2, 0.25) is 5.91 Å². The van der Waals surface area contributed by atoms with Gasteiger partial charge in [0.05, 0.1) is 12.3 Å². The first-order valence-electron chi connectivity index (χ1n) is 12.9. The number of allylic oxidation sites excluding steroid dienone is 4. The summed E-state index contributed by atoms with van der Waals surface area (Å²) in [6.45, 7) is 5.20. The Morgan fingerprint density at radius 3 is 2.83 bits per heavy atom. The lowest BCUT2D eigenvalue weighted by molar-refractivity contribution is -0.127. The molecular weight excluding hydrogens is 535 g/mol. The van der Waals surface area contributed by atoms with Gasteiger partial charge in [-0.25, -0.2) is 9.37 Å². The number of aryl methyl sites for hydroxylation is 1. The Morgan fingerprint density at radius 1 is 1.27 bits per heavy atom. The highest BCUT2D eigenvalue weighted by Crippen LogP contribution is 2.27. The standard InChI is InChI=1S/C28H31FN6O4S/c1-4-24(26(37)31-14-21(36)15-40-16-22-17(2)7-5-10-23(22)29)35-12-11-30-25(28(35)38)33-20-9-6-8-19(13-20)27-32-18(3)34-39-27/h5-13,22-24H,4,14-16H2,1-3H3,(H,30,33)(H,31,37). The average Bonchev–Trinajstić information content (AvgIpc) is 3.38. The molecule has 0 spiro atoms. The predicted molar refractivity (Wildman–Crippen MR) is 152 cm³/mol. The van der Waals surface area contributed by atoms with Crippen molar-refractivity contribution in [1.29, 1.82) is 0 Å². The lowest BCUT2D eigenvalue weighted by Crippen LogP contribution is -2.40. The molecule has 40 heavy (non-hydrogen) atoms. The second kappa shape index (κ2) is 13.3. The van der Waals surface area contributed by atoms with Gasteiger partial charge in [0, 0.05) is 35.3 Å². The normalized spacial score (nSPS) is 17.2. The number of anilines is 2. The third kappa shape index (κ3) is 7.12. The number of Topliss-reactive ketones (excluding diaryl/α,β-unsaturated/α-hetero) is 1. The molecule has 210 valence electrons. The molecule has 0 bridgehead atoms. The number of carbonyl (C=O) groups excluding carboxylic acids is 2. The molecule has 3 atom stereocenters. The van der Waals surface area contributed by atoms with Crippen LogP contribution in [0, 0.1) is 12.8 Å². The van der Waals surface area contributed by atoms with Crippen molar-refractivity contribution in [3.05, 3.63) is 76.6 Å². The molecule has 3 aromatic rings. The van der Waals surface area contributed by atoms with Gasteiger partial charge >= 0.3 is 0 Å². The van der Waals surface area contributed by atoms with E-state index in [4.69, 9.17) is 4.52 Å². The maximum atomic E-state index is 14.1.